The maximum Gasteiger partial charge on any atom is 0.0750 e. The number of benzene rings is 1. The van der Waals surface area contributed by atoms with E-state index < -0.39 is 0 Å². The van der Waals surface area contributed by atoms with Crippen molar-refractivity contribution in [2.24, 2.45) is 0 Å². The molecule has 4 nitrogen and oxygen atoms in total. The van der Waals surface area contributed by atoms with E-state index in [1.54, 1.807) is 7.11 Å². The molecule has 21 heavy (non-hydrogen) atoms. The Kier molecular flexibility index (Phi) is 6.30. The fourth-order valence-electron chi connectivity index (χ4n) is 2.72. The molecule has 1 saturated heterocycles. The van der Waals surface area contributed by atoms with Gasteiger partial charge in [-0.1, -0.05) is 17.7 Å². The minimum absolute atomic E-state index is 0.268. The van der Waals surface area contributed by atoms with E-state index in [0.29, 0.717) is 12.6 Å². The second-order valence-corrected chi connectivity index (χ2v) is 5.90. The van der Waals surface area contributed by atoms with E-state index in [0.717, 1.165) is 42.4 Å². The molecule has 0 saturated carbocycles. The predicted octanol–water partition coefficient (Wildman–Crippen LogP) is 2.69. The zero-order chi connectivity index (χ0) is 15.2. The molecule has 2 atom stereocenters. The molecule has 1 aliphatic rings. The van der Waals surface area contributed by atoms with Crippen molar-refractivity contribution in [3.8, 4) is 0 Å². The van der Waals surface area contributed by atoms with Gasteiger partial charge in [-0.25, -0.2) is 0 Å². The van der Waals surface area contributed by atoms with Crippen LogP contribution in [0, 0.1) is 0 Å². The minimum Gasteiger partial charge on any atom is -0.383 e. The number of rotatable bonds is 7. The molecular formula is C16H25ClN2O2. The number of methoxy groups -OCH3 is 1. The zero-order valence-corrected chi connectivity index (χ0v) is 13.8. The molecule has 0 spiro atoms. The summed E-state index contributed by atoms with van der Waals surface area (Å²) >= 11 is 6.40. The van der Waals surface area contributed by atoms with Crippen LogP contribution in [-0.2, 0) is 16.0 Å². The van der Waals surface area contributed by atoms with Crippen molar-refractivity contribution in [2.75, 3.05) is 38.8 Å². The third kappa shape index (κ3) is 4.33. The first kappa shape index (κ1) is 16.6. The normalized spacial score (nSPS) is 21.7. The van der Waals surface area contributed by atoms with Crippen LogP contribution in [0.25, 0.3) is 0 Å². The van der Waals surface area contributed by atoms with Crippen LogP contribution >= 0.6 is 11.6 Å². The fourth-order valence-corrected chi connectivity index (χ4v) is 2.96. The maximum atomic E-state index is 6.40. The van der Waals surface area contributed by atoms with Crippen LogP contribution in [0.1, 0.15) is 18.9 Å². The Balaban J connectivity index is 1.97. The quantitative estimate of drug-likeness (QED) is 0.785. The van der Waals surface area contributed by atoms with Crippen LogP contribution < -0.4 is 10.2 Å². The summed E-state index contributed by atoms with van der Waals surface area (Å²) in [4.78, 5) is 2.27. The second kappa shape index (κ2) is 7.99. The number of nitrogens with zero attached hydrogens (tertiary/aromatic N) is 1. The van der Waals surface area contributed by atoms with Crippen LogP contribution in [0.4, 0.5) is 5.69 Å². The van der Waals surface area contributed by atoms with Crippen molar-refractivity contribution in [3.05, 3.63) is 28.8 Å². The fraction of sp³-hybridized carbons (Fsp3) is 0.625. The van der Waals surface area contributed by atoms with E-state index in [2.05, 4.69) is 36.3 Å². The Bertz CT molecular complexity index is 456. The van der Waals surface area contributed by atoms with Crippen molar-refractivity contribution in [1.29, 1.82) is 0 Å². The highest BCUT2D eigenvalue weighted by atomic mass is 35.5. The van der Waals surface area contributed by atoms with Crippen molar-refractivity contribution in [2.45, 2.75) is 32.0 Å². The van der Waals surface area contributed by atoms with E-state index >= 15 is 0 Å². The summed E-state index contributed by atoms with van der Waals surface area (Å²) < 4.78 is 10.7. The van der Waals surface area contributed by atoms with Gasteiger partial charge in [-0.05, 0) is 31.0 Å². The standard InChI is InChI=1S/C16H25ClN2O2/c1-12-16(6-8-21-12)19(2)14-5-4-13(15(17)10-14)11-18-7-9-20-3/h4-5,10,12,16,18H,6-9,11H2,1-3H3. The third-order valence-electron chi connectivity index (χ3n) is 4.08. The number of anilines is 1. The molecule has 0 bridgehead atoms. The average molecular weight is 313 g/mol. The van der Waals surface area contributed by atoms with Crippen LogP contribution in [0.15, 0.2) is 18.2 Å². The van der Waals surface area contributed by atoms with Gasteiger partial charge in [0.15, 0.2) is 0 Å². The van der Waals surface area contributed by atoms with Crippen molar-refractivity contribution >= 4 is 17.3 Å². The van der Waals surface area contributed by atoms with Gasteiger partial charge in [0.25, 0.3) is 0 Å². The number of likely N-dealkylation sites (N-methyl/N-ethyl adjacent to an activating group) is 1. The van der Waals surface area contributed by atoms with Crippen LogP contribution in [-0.4, -0.2) is 46.1 Å². The molecule has 2 unspecified atom stereocenters. The summed E-state index contributed by atoms with van der Waals surface area (Å²) in [5.74, 6) is 0. The van der Waals surface area contributed by atoms with Crippen molar-refractivity contribution < 1.29 is 9.47 Å². The van der Waals surface area contributed by atoms with Gasteiger partial charge in [-0.3, -0.25) is 0 Å². The summed E-state index contributed by atoms with van der Waals surface area (Å²) in [6.45, 7) is 5.26. The molecule has 1 heterocycles. The Hall–Kier alpha value is -0.810. The maximum absolute atomic E-state index is 6.40. The van der Waals surface area contributed by atoms with Gasteiger partial charge in [0.05, 0.1) is 18.8 Å². The van der Waals surface area contributed by atoms with E-state index in [4.69, 9.17) is 21.1 Å². The summed E-state index contributed by atoms with van der Waals surface area (Å²) in [5.41, 5.74) is 2.25. The topological polar surface area (TPSA) is 33.7 Å². The number of hydrogen-bond donors (Lipinski definition) is 1. The summed E-state index contributed by atoms with van der Waals surface area (Å²) in [6.07, 6.45) is 1.33. The molecule has 0 radical (unpaired) electrons. The van der Waals surface area contributed by atoms with E-state index in [1.165, 1.54) is 0 Å². The molecule has 2 rings (SSSR count). The number of halogens is 1. The highest BCUT2D eigenvalue weighted by Gasteiger charge is 2.28. The average Bonchev–Trinajstić information content (AvgIpc) is 2.90. The van der Waals surface area contributed by atoms with E-state index in [9.17, 15) is 0 Å². The number of nitrogens with one attached hydrogen (secondary N) is 1. The Morgan fingerprint density at radius 1 is 1.48 bits per heavy atom. The van der Waals surface area contributed by atoms with Crippen molar-refractivity contribution in [1.82, 2.24) is 5.32 Å². The Labute approximate surface area is 132 Å². The molecule has 118 valence electrons. The largest absolute Gasteiger partial charge is 0.383 e. The summed E-state index contributed by atoms with van der Waals surface area (Å²) in [5, 5.41) is 4.11. The highest BCUT2D eigenvalue weighted by Crippen LogP contribution is 2.28. The lowest BCUT2D eigenvalue weighted by molar-refractivity contribution is 0.118. The van der Waals surface area contributed by atoms with Crippen molar-refractivity contribution in [3.63, 3.8) is 0 Å². The first-order chi connectivity index (χ1) is 10.1. The number of ether oxygens (including phenoxy) is 2. The molecule has 1 aromatic carbocycles. The van der Waals surface area contributed by atoms with Crippen LogP contribution in [0.5, 0.6) is 0 Å². The zero-order valence-electron chi connectivity index (χ0n) is 13.1. The SMILES string of the molecule is COCCNCc1ccc(N(C)C2CCOC2C)cc1Cl. The van der Waals surface area contributed by atoms with Gasteiger partial charge in [0.1, 0.15) is 0 Å². The van der Waals surface area contributed by atoms with Crippen LogP contribution in [0.3, 0.4) is 0 Å². The van der Waals surface area contributed by atoms with Gasteiger partial charge < -0.3 is 19.7 Å². The molecule has 0 amide bonds. The second-order valence-electron chi connectivity index (χ2n) is 5.49. The molecule has 5 heteroatoms. The Morgan fingerprint density at radius 2 is 2.29 bits per heavy atom. The lowest BCUT2D eigenvalue weighted by Crippen LogP contribution is -2.36. The predicted molar refractivity (Wildman–Crippen MR) is 87.3 cm³/mol. The summed E-state index contributed by atoms with van der Waals surface area (Å²) in [6, 6.07) is 6.69. The highest BCUT2D eigenvalue weighted by molar-refractivity contribution is 6.31. The van der Waals surface area contributed by atoms with E-state index in [-0.39, 0.29) is 6.10 Å². The lowest BCUT2D eigenvalue weighted by atomic mass is 10.1. The minimum atomic E-state index is 0.268. The van der Waals surface area contributed by atoms with Gasteiger partial charge in [0.2, 0.25) is 0 Å². The molecule has 1 N–H and O–H groups in total. The first-order valence-electron chi connectivity index (χ1n) is 7.46. The molecule has 1 aliphatic heterocycles. The van der Waals surface area contributed by atoms with E-state index in [1.807, 2.05) is 6.07 Å². The molecule has 0 aliphatic carbocycles. The van der Waals surface area contributed by atoms with Gasteiger partial charge in [-0.2, -0.15) is 0 Å². The molecule has 1 fully saturated rings. The Morgan fingerprint density at radius 3 is 2.90 bits per heavy atom. The smallest absolute Gasteiger partial charge is 0.0750 e. The molecular weight excluding hydrogens is 288 g/mol. The molecule has 0 aromatic heterocycles. The van der Waals surface area contributed by atoms with Gasteiger partial charge in [0, 0.05) is 44.6 Å². The van der Waals surface area contributed by atoms with Gasteiger partial charge in [-0.15, -0.1) is 0 Å². The summed E-state index contributed by atoms with van der Waals surface area (Å²) in [7, 11) is 3.81. The van der Waals surface area contributed by atoms with Gasteiger partial charge >= 0.3 is 0 Å². The monoisotopic (exact) mass is 312 g/mol. The number of hydrogen-bond acceptors (Lipinski definition) is 4. The lowest BCUT2D eigenvalue weighted by Gasteiger charge is -2.29. The molecule has 1 aromatic rings. The first-order valence-corrected chi connectivity index (χ1v) is 7.83. The van der Waals surface area contributed by atoms with Crippen LogP contribution in [0.2, 0.25) is 5.02 Å². The third-order valence-corrected chi connectivity index (χ3v) is 4.43.